The number of hydrogen-bond donors (Lipinski definition) is 4. The van der Waals surface area contributed by atoms with Crippen molar-refractivity contribution in [1.29, 1.82) is 0 Å². The number of hydrogen-bond acceptors (Lipinski definition) is 4. The van der Waals surface area contributed by atoms with E-state index in [-0.39, 0.29) is 5.56 Å². The highest BCUT2D eigenvalue weighted by Crippen LogP contribution is 2.34. The third-order valence-corrected chi connectivity index (χ3v) is 4.40. The standard InChI is InChI=1S/C18H20ClN3O2/c19-14-7-3-9-16(17(14)21-12-5-4-10-20-11-12)22-15-8-2-1-6-13(15)18(23)24/h1-3,6-9,12,20-22H,4-5,10-11H2,(H,23,24). The molecule has 1 unspecified atom stereocenters. The Morgan fingerprint density at radius 2 is 1.96 bits per heavy atom. The van der Waals surface area contributed by atoms with Crippen molar-refractivity contribution in [2.75, 3.05) is 23.7 Å². The van der Waals surface area contributed by atoms with Crippen molar-refractivity contribution in [3.05, 3.63) is 53.1 Å². The third-order valence-electron chi connectivity index (χ3n) is 4.09. The lowest BCUT2D eigenvalue weighted by molar-refractivity contribution is 0.0698. The van der Waals surface area contributed by atoms with Gasteiger partial charge in [-0.3, -0.25) is 0 Å². The van der Waals surface area contributed by atoms with E-state index < -0.39 is 5.97 Å². The second-order valence-electron chi connectivity index (χ2n) is 5.83. The van der Waals surface area contributed by atoms with Crippen LogP contribution in [0.2, 0.25) is 5.02 Å². The Balaban J connectivity index is 1.88. The highest BCUT2D eigenvalue weighted by atomic mass is 35.5. The summed E-state index contributed by atoms with van der Waals surface area (Å²) in [7, 11) is 0. The fraction of sp³-hybridized carbons (Fsp3) is 0.278. The predicted molar refractivity (Wildman–Crippen MR) is 97.7 cm³/mol. The number of benzene rings is 2. The Morgan fingerprint density at radius 3 is 2.71 bits per heavy atom. The molecule has 0 spiro atoms. The first-order valence-corrected chi connectivity index (χ1v) is 8.38. The monoisotopic (exact) mass is 345 g/mol. The number of rotatable bonds is 5. The summed E-state index contributed by atoms with van der Waals surface area (Å²) >= 11 is 6.38. The lowest BCUT2D eigenvalue weighted by atomic mass is 10.1. The predicted octanol–water partition coefficient (Wildman–Crippen LogP) is 3.95. The van der Waals surface area contributed by atoms with Crippen LogP contribution in [0.1, 0.15) is 23.2 Å². The summed E-state index contributed by atoms with van der Waals surface area (Å²) in [6.45, 7) is 1.92. The second kappa shape index (κ2) is 7.55. The van der Waals surface area contributed by atoms with Gasteiger partial charge in [0, 0.05) is 12.6 Å². The molecule has 3 rings (SSSR count). The van der Waals surface area contributed by atoms with Crippen LogP contribution >= 0.6 is 11.6 Å². The number of para-hydroxylation sites is 2. The zero-order valence-corrected chi connectivity index (χ0v) is 13.9. The lowest BCUT2D eigenvalue weighted by Gasteiger charge is -2.27. The summed E-state index contributed by atoms with van der Waals surface area (Å²) in [5.41, 5.74) is 2.33. The molecule has 126 valence electrons. The lowest BCUT2D eigenvalue weighted by Crippen LogP contribution is -2.38. The Morgan fingerprint density at radius 1 is 1.17 bits per heavy atom. The quantitative estimate of drug-likeness (QED) is 0.660. The zero-order chi connectivity index (χ0) is 16.9. The molecule has 0 radical (unpaired) electrons. The number of piperidine rings is 1. The summed E-state index contributed by atoms with van der Waals surface area (Å²) in [4.78, 5) is 11.4. The first kappa shape index (κ1) is 16.6. The molecule has 0 aliphatic carbocycles. The van der Waals surface area contributed by atoms with Crippen molar-refractivity contribution >= 4 is 34.6 Å². The molecule has 1 atom stereocenters. The van der Waals surface area contributed by atoms with Gasteiger partial charge < -0.3 is 21.1 Å². The van der Waals surface area contributed by atoms with E-state index in [1.165, 1.54) is 0 Å². The maximum absolute atomic E-state index is 11.4. The Hall–Kier alpha value is -2.24. The molecule has 0 bridgehead atoms. The molecule has 1 fully saturated rings. The van der Waals surface area contributed by atoms with E-state index >= 15 is 0 Å². The van der Waals surface area contributed by atoms with Crippen molar-refractivity contribution < 1.29 is 9.90 Å². The molecule has 5 nitrogen and oxygen atoms in total. The highest BCUT2D eigenvalue weighted by Gasteiger charge is 2.17. The number of carboxylic acid groups (broad SMARTS) is 1. The van der Waals surface area contributed by atoms with Crippen LogP contribution in [-0.2, 0) is 0 Å². The smallest absolute Gasteiger partial charge is 0.337 e. The second-order valence-corrected chi connectivity index (χ2v) is 6.23. The van der Waals surface area contributed by atoms with E-state index in [4.69, 9.17) is 11.6 Å². The fourth-order valence-corrected chi connectivity index (χ4v) is 3.11. The van der Waals surface area contributed by atoms with Gasteiger partial charge in [0.15, 0.2) is 0 Å². The number of aromatic carboxylic acids is 1. The van der Waals surface area contributed by atoms with Crippen molar-refractivity contribution in [1.82, 2.24) is 5.32 Å². The van der Waals surface area contributed by atoms with Crippen LogP contribution in [0.25, 0.3) is 0 Å². The van der Waals surface area contributed by atoms with E-state index in [0.29, 0.717) is 16.8 Å². The van der Waals surface area contributed by atoms with E-state index in [1.807, 2.05) is 18.2 Å². The minimum absolute atomic E-state index is 0.225. The Bertz CT molecular complexity index is 730. The highest BCUT2D eigenvalue weighted by molar-refractivity contribution is 6.34. The van der Waals surface area contributed by atoms with E-state index in [0.717, 1.165) is 37.3 Å². The summed E-state index contributed by atoms with van der Waals surface area (Å²) in [6.07, 6.45) is 2.19. The van der Waals surface area contributed by atoms with Crippen LogP contribution in [-0.4, -0.2) is 30.2 Å². The molecule has 1 saturated heterocycles. The first-order chi connectivity index (χ1) is 11.6. The molecule has 1 heterocycles. The average molecular weight is 346 g/mol. The molecule has 6 heteroatoms. The van der Waals surface area contributed by atoms with Gasteiger partial charge in [-0.15, -0.1) is 0 Å². The van der Waals surface area contributed by atoms with Gasteiger partial charge in [-0.1, -0.05) is 29.8 Å². The Kier molecular flexibility index (Phi) is 5.23. The summed E-state index contributed by atoms with van der Waals surface area (Å²) in [6, 6.07) is 12.7. The molecule has 1 aliphatic rings. The fourth-order valence-electron chi connectivity index (χ4n) is 2.88. The van der Waals surface area contributed by atoms with Crippen LogP contribution < -0.4 is 16.0 Å². The zero-order valence-electron chi connectivity index (χ0n) is 13.2. The van der Waals surface area contributed by atoms with Crippen LogP contribution in [0.4, 0.5) is 17.1 Å². The van der Waals surface area contributed by atoms with Gasteiger partial charge >= 0.3 is 5.97 Å². The van der Waals surface area contributed by atoms with Crippen molar-refractivity contribution in [2.45, 2.75) is 18.9 Å². The molecule has 2 aromatic rings. The van der Waals surface area contributed by atoms with Crippen LogP contribution in [0, 0.1) is 0 Å². The summed E-state index contributed by atoms with van der Waals surface area (Å²) in [5.74, 6) is -0.967. The maximum Gasteiger partial charge on any atom is 0.337 e. The van der Waals surface area contributed by atoms with Crippen LogP contribution in [0.3, 0.4) is 0 Å². The molecule has 0 amide bonds. The van der Waals surface area contributed by atoms with Crippen LogP contribution in [0.5, 0.6) is 0 Å². The van der Waals surface area contributed by atoms with Gasteiger partial charge in [-0.05, 0) is 43.7 Å². The largest absolute Gasteiger partial charge is 0.478 e. The minimum atomic E-state index is -0.967. The molecule has 0 saturated carbocycles. The number of halogens is 1. The van der Waals surface area contributed by atoms with E-state index in [1.54, 1.807) is 24.3 Å². The molecule has 24 heavy (non-hydrogen) atoms. The van der Waals surface area contributed by atoms with Gasteiger partial charge in [-0.25, -0.2) is 4.79 Å². The number of carboxylic acids is 1. The summed E-state index contributed by atoms with van der Waals surface area (Å²) < 4.78 is 0. The molecular weight excluding hydrogens is 326 g/mol. The number of anilines is 3. The first-order valence-electron chi connectivity index (χ1n) is 8.00. The minimum Gasteiger partial charge on any atom is -0.478 e. The molecule has 0 aromatic heterocycles. The maximum atomic E-state index is 11.4. The van der Waals surface area contributed by atoms with Crippen molar-refractivity contribution in [2.24, 2.45) is 0 Å². The molecule has 2 aromatic carbocycles. The topological polar surface area (TPSA) is 73.4 Å². The Labute approximate surface area is 146 Å². The van der Waals surface area contributed by atoms with Gasteiger partial charge in [0.25, 0.3) is 0 Å². The SMILES string of the molecule is O=C(O)c1ccccc1Nc1cccc(Cl)c1NC1CCCNC1. The number of carbonyl (C=O) groups is 1. The average Bonchev–Trinajstić information content (AvgIpc) is 2.59. The van der Waals surface area contributed by atoms with Crippen molar-refractivity contribution in [3.63, 3.8) is 0 Å². The van der Waals surface area contributed by atoms with Gasteiger partial charge in [0.05, 0.1) is 27.6 Å². The normalized spacial score (nSPS) is 17.3. The van der Waals surface area contributed by atoms with Crippen LogP contribution in [0.15, 0.2) is 42.5 Å². The van der Waals surface area contributed by atoms with E-state index in [2.05, 4.69) is 16.0 Å². The van der Waals surface area contributed by atoms with Crippen molar-refractivity contribution in [3.8, 4) is 0 Å². The third kappa shape index (κ3) is 3.80. The summed E-state index contributed by atoms with van der Waals surface area (Å²) in [5, 5.41) is 20.0. The molecule has 4 N–H and O–H groups in total. The molecular formula is C18H20ClN3O2. The van der Waals surface area contributed by atoms with Gasteiger partial charge in [0.1, 0.15) is 0 Å². The van der Waals surface area contributed by atoms with E-state index in [9.17, 15) is 9.90 Å². The van der Waals surface area contributed by atoms with Gasteiger partial charge in [0.2, 0.25) is 0 Å². The molecule has 1 aliphatic heterocycles. The van der Waals surface area contributed by atoms with Gasteiger partial charge in [-0.2, -0.15) is 0 Å². The number of nitrogens with one attached hydrogen (secondary N) is 3.